The van der Waals surface area contributed by atoms with Crippen molar-refractivity contribution in [1.82, 2.24) is 9.62 Å². The molecule has 0 spiro atoms. The predicted molar refractivity (Wildman–Crippen MR) is 128 cm³/mol. The first-order valence-electron chi connectivity index (χ1n) is 11.0. The molecule has 1 fully saturated rings. The molecule has 174 valence electrons. The van der Waals surface area contributed by atoms with Crippen LogP contribution in [0.2, 0.25) is 0 Å². The summed E-state index contributed by atoms with van der Waals surface area (Å²) in [7, 11) is -3.54. The number of sulfonamides is 1. The van der Waals surface area contributed by atoms with Gasteiger partial charge in [-0.2, -0.15) is 16.1 Å². The van der Waals surface area contributed by atoms with Gasteiger partial charge in [0.2, 0.25) is 15.9 Å². The summed E-state index contributed by atoms with van der Waals surface area (Å²) < 4.78 is 40.9. The van der Waals surface area contributed by atoms with E-state index in [4.69, 9.17) is 0 Å². The number of carbonyl (C=O) groups excluding carboxylic acids is 1. The molecule has 2 aromatic rings. The van der Waals surface area contributed by atoms with E-state index in [1.54, 1.807) is 36.0 Å². The van der Waals surface area contributed by atoms with Crippen LogP contribution in [-0.4, -0.2) is 44.0 Å². The van der Waals surface area contributed by atoms with Crippen molar-refractivity contribution >= 4 is 27.7 Å². The topological polar surface area (TPSA) is 66.5 Å². The molecule has 32 heavy (non-hydrogen) atoms. The Bertz CT molecular complexity index is 1000. The number of piperidine rings is 1. The molecule has 1 N–H and O–H groups in total. The van der Waals surface area contributed by atoms with E-state index in [9.17, 15) is 17.6 Å². The van der Waals surface area contributed by atoms with E-state index < -0.39 is 10.0 Å². The average Bonchev–Trinajstić information content (AvgIpc) is 2.80. The van der Waals surface area contributed by atoms with E-state index >= 15 is 0 Å². The first-order valence-corrected chi connectivity index (χ1v) is 13.6. The maximum absolute atomic E-state index is 13.6. The highest BCUT2D eigenvalue weighted by molar-refractivity contribution is 7.98. The molecule has 0 aromatic heterocycles. The summed E-state index contributed by atoms with van der Waals surface area (Å²) in [6.07, 6.45) is 1.02. The van der Waals surface area contributed by atoms with Crippen LogP contribution in [0.15, 0.2) is 53.4 Å². The Morgan fingerprint density at radius 2 is 1.78 bits per heavy atom. The lowest BCUT2D eigenvalue weighted by Crippen LogP contribution is -2.43. The van der Waals surface area contributed by atoms with E-state index in [-0.39, 0.29) is 17.6 Å². The van der Waals surface area contributed by atoms with Crippen LogP contribution in [0.3, 0.4) is 0 Å². The Labute approximate surface area is 194 Å². The van der Waals surface area contributed by atoms with Gasteiger partial charge >= 0.3 is 0 Å². The number of rotatable bonds is 9. The molecule has 0 bridgehead atoms. The van der Waals surface area contributed by atoms with E-state index in [2.05, 4.69) is 19.2 Å². The molecule has 1 aliphatic heterocycles. The van der Waals surface area contributed by atoms with Gasteiger partial charge in [0, 0.05) is 37.1 Å². The zero-order valence-electron chi connectivity index (χ0n) is 18.6. The van der Waals surface area contributed by atoms with Gasteiger partial charge in [-0.05, 0) is 48.1 Å². The number of benzene rings is 2. The van der Waals surface area contributed by atoms with Gasteiger partial charge in [0.1, 0.15) is 5.82 Å². The molecular weight excluding hydrogens is 447 g/mol. The van der Waals surface area contributed by atoms with Crippen LogP contribution in [-0.2, 0) is 20.6 Å². The molecular formula is C24H31FN2O3S2. The molecule has 3 rings (SSSR count). The van der Waals surface area contributed by atoms with Gasteiger partial charge in [0.15, 0.2) is 0 Å². The Balaban J connectivity index is 1.41. The van der Waals surface area contributed by atoms with E-state index in [1.807, 2.05) is 18.2 Å². The SMILES string of the molecule is CC(C)c1ccc(S(=O)(=O)N2CCC(C(=O)NCCSCc3ccccc3F)CC2)cc1. The lowest BCUT2D eigenvalue weighted by atomic mass is 9.97. The molecule has 1 heterocycles. The van der Waals surface area contributed by atoms with Crippen LogP contribution in [0.5, 0.6) is 0 Å². The molecule has 1 saturated heterocycles. The Morgan fingerprint density at radius 3 is 2.41 bits per heavy atom. The van der Waals surface area contributed by atoms with Crippen molar-refractivity contribution in [3.63, 3.8) is 0 Å². The van der Waals surface area contributed by atoms with Crippen LogP contribution >= 0.6 is 11.8 Å². The third-order valence-corrected chi connectivity index (χ3v) is 8.69. The number of halogens is 1. The van der Waals surface area contributed by atoms with Crippen molar-refractivity contribution in [3.05, 3.63) is 65.5 Å². The number of hydrogen-bond acceptors (Lipinski definition) is 4. The predicted octanol–water partition coefficient (Wildman–Crippen LogP) is 4.40. The maximum atomic E-state index is 13.6. The highest BCUT2D eigenvalue weighted by Crippen LogP contribution is 2.25. The molecule has 0 unspecified atom stereocenters. The van der Waals surface area contributed by atoms with E-state index in [0.29, 0.717) is 60.4 Å². The first-order chi connectivity index (χ1) is 15.3. The highest BCUT2D eigenvalue weighted by atomic mass is 32.2. The van der Waals surface area contributed by atoms with Gasteiger partial charge in [0.05, 0.1) is 4.90 Å². The van der Waals surface area contributed by atoms with Gasteiger partial charge in [-0.1, -0.05) is 44.2 Å². The zero-order chi connectivity index (χ0) is 23.1. The van der Waals surface area contributed by atoms with Crippen molar-refractivity contribution in [2.45, 2.75) is 43.3 Å². The van der Waals surface area contributed by atoms with Crippen molar-refractivity contribution in [2.24, 2.45) is 5.92 Å². The second-order valence-electron chi connectivity index (χ2n) is 8.34. The second-order valence-corrected chi connectivity index (χ2v) is 11.4. The minimum absolute atomic E-state index is 0.0326. The lowest BCUT2D eigenvalue weighted by Gasteiger charge is -2.30. The second kappa shape index (κ2) is 11.3. The number of thioether (sulfide) groups is 1. The molecule has 8 heteroatoms. The van der Waals surface area contributed by atoms with E-state index in [0.717, 1.165) is 5.56 Å². The molecule has 5 nitrogen and oxygen atoms in total. The van der Waals surface area contributed by atoms with Crippen LogP contribution in [0, 0.1) is 11.7 Å². The van der Waals surface area contributed by atoms with Gasteiger partial charge in [0.25, 0.3) is 0 Å². The van der Waals surface area contributed by atoms with E-state index in [1.165, 1.54) is 10.4 Å². The minimum Gasteiger partial charge on any atom is -0.355 e. The first kappa shape index (κ1) is 24.7. The molecule has 0 radical (unpaired) electrons. The quantitative estimate of drug-likeness (QED) is 0.543. The fourth-order valence-corrected chi connectivity index (χ4v) is 6.03. The van der Waals surface area contributed by atoms with Crippen LogP contribution < -0.4 is 5.32 Å². The zero-order valence-corrected chi connectivity index (χ0v) is 20.2. The minimum atomic E-state index is -3.54. The smallest absolute Gasteiger partial charge is 0.243 e. The Hall–Kier alpha value is -1.90. The summed E-state index contributed by atoms with van der Waals surface area (Å²) in [5.41, 5.74) is 1.77. The molecule has 1 aliphatic rings. The Kier molecular flexibility index (Phi) is 8.73. The average molecular weight is 479 g/mol. The van der Waals surface area contributed by atoms with Gasteiger partial charge < -0.3 is 5.32 Å². The molecule has 0 atom stereocenters. The normalized spacial score (nSPS) is 15.8. The van der Waals surface area contributed by atoms with Gasteiger partial charge in [-0.3, -0.25) is 4.79 Å². The highest BCUT2D eigenvalue weighted by Gasteiger charge is 2.32. The van der Waals surface area contributed by atoms with Gasteiger partial charge in [-0.25, -0.2) is 12.8 Å². The molecule has 0 saturated carbocycles. The summed E-state index contributed by atoms with van der Waals surface area (Å²) >= 11 is 1.57. The third kappa shape index (κ3) is 6.33. The van der Waals surface area contributed by atoms with Crippen molar-refractivity contribution in [3.8, 4) is 0 Å². The summed E-state index contributed by atoms with van der Waals surface area (Å²) in [5.74, 6) is 1.19. The Morgan fingerprint density at radius 1 is 1.12 bits per heavy atom. The number of nitrogens with one attached hydrogen (secondary N) is 1. The standard InChI is InChI=1S/C24H31FN2O3S2/c1-18(2)19-7-9-22(10-8-19)32(29,30)27-14-11-20(12-15-27)24(28)26-13-16-31-17-21-5-3-4-6-23(21)25/h3-10,18,20H,11-17H2,1-2H3,(H,26,28). The third-order valence-electron chi connectivity index (χ3n) is 5.77. The van der Waals surface area contributed by atoms with Gasteiger partial charge in [-0.15, -0.1) is 0 Å². The van der Waals surface area contributed by atoms with Crippen LogP contribution in [0.4, 0.5) is 4.39 Å². The number of hydrogen-bond donors (Lipinski definition) is 1. The summed E-state index contributed by atoms with van der Waals surface area (Å²) in [5, 5.41) is 2.93. The number of amides is 1. The summed E-state index contributed by atoms with van der Waals surface area (Å²) in [6, 6.07) is 13.8. The van der Waals surface area contributed by atoms with Crippen molar-refractivity contribution in [1.29, 1.82) is 0 Å². The lowest BCUT2D eigenvalue weighted by molar-refractivity contribution is -0.125. The maximum Gasteiger partial charge on any atom is 0.243 e. The van der Waals surface area contributed by atoms with Crippen molar-refractivity contribution < 1.29 is 17.6 Å². The van der Waals surface area contributed by atoms with Crippen LogP contribution in [0.1, 0.15) is 43.7 Å². The largest absolute Gasteiger partial charge is 0.355 e. The fourth-order valence-electron chi connectivity index (χ4n) is 3.72. The molecule has 1 amide bonds. The number of nitrogens with zero attached hydrogens (tertiary/aromatic N) is 1. The van der Waals surface area contributed by atoms with Crippen molar-refractivity contribution in [2.75, 3.05) is 25.4 Å². The summed E-state index contributed by atoms with van der Waals surface area (Å²) in [4.78, 5) is 12.8. The summed E-state index contributed by atoms with van der Waals surface area (Å²) in [6.45, 7) is 5.34. The number of carbonyl (C=O) groups is 1. The van der Waals surface area contributed by atoms with Crippen LogP contribution in [0.25, 0.3) is 0 Å². The molecule has 2 aromatic carbocycles. The fraction of sp³-hybridized carbons (Fsp3) is 0.458. The monoisotopic (exact) mass is 478 g/mol. The molecule has 0 aliphatic carbocycles.